The van der Waals surface area contributed by atoms with Gasteiger partial charge in [0.15, 0.2) is 6.61 Å². The number of nitrogens with one attached hydrogen (secondary N) is 1. The molecule has 0 unspecified atom stereocenters. The van der Waals surface area contributed by atoms with Crippen molar-refractivity contribution in [2.24, 2.45) is 0 Å². The lowest BCUT2D eigenvalue weighted by molar-refractivity contribution is -0.120. The molecule has 7 heteroatoms. The van der Waals surface area contributed by atoms with Gasteiger partial charge in [0.05, 0.1) is 25.5 Å². The average Bonchev–Trinajstić information content (AvgIpc) is 3.31. The first-order chi connectivity index (χ1) is 11.8. The van der Waals surface area contributed by atoms with Crippen LogP contribution in [-0.2, 0) is 11.3 Å². The first-order valence-electron chi connectivity index (χ1n) is 7.34. The van der Waals surface area contributed by atoms with Crippen LogP contribution in [0.25, 0.3) is 0 Å². The Labute approximate surface area is 143 Å². The van der Waals surface area contributed by atoms with Crippen LogP contribution in [0, 0.1) is 0 Å². The number of amides is 1. The van der Waals surface area contributed by atoms with Gasteiger partial charge >= 0.3 is 0 Å². The highest BCUT2D eigenvalue weighted by Crippen LogP contribution is 2.20. The van der Waals surface area contributed by atoms with Crippen LogP contribution in [0.5, 0.6) is 11.5 Å². The van der Waals surface area contributed by atoms with E-state index in [4.69, 9.17) is 9.47 Å². The summed E-state index contributed by atoms with van der Waals surface area (Å²) in [5.41, 5.74) is 0.715. The highest BCUT2D eigenvalue weighted by molar-refractivity contribution is 7.09. The monoisotopic (exact) mass is 343 g/mol. The van der Waals surface area contributed by atoms with E-state index in [0.717, 1.165) is 10.6 Å². The van der Waals surface area contributed by atoms with E-state index >= 15 is 0 Å². The zero-order chi connectivity index (χ0) is 16.8. The molecule has 1 N–H and O–H groups in total. The molecule has 3 aromatic rings. The van der Waals surface area contributed by atoms with Crippen molar-refractivity contribution >= 4 is 22.9 Å². The van der Waals surface area contributed by atoms with Gasteiger partial charge in [-0.2, -0.15) is 5.10 Å². The molecule has 3 rings (SSSR count). The molecule has 0 aliphatic heterocycles. The third-order valence-electron chi connectivity index (χ3n) is 3.41. The van der Waals surface area contributed by atoms with E-state index < -0.39 is 0 Å². The minimum absolute atomic E-state index is 0.0527. The standard InChI is InChI=1S/C17H17N3O3S/c1-22-14-4-6-15(7-5-14)23-12-17(21)20(13-9-18-19-10-13)11-16-3-2-8-24-16/h2-10H,11-12H2,1H3,(H,18,19). The smallest absolute Gasteiger partial charge is 0.265 e. The van der Waals surface area contributed by atoms with E-state index in [2.05, 4.69) is 10.2 Å². The summed E-state index contributed by atoms with van der Waals surface area (Å²) in [4.78, 5) is 15.3. The Morgan fingerprint density at radius 1 is 1.25 bits per heavy atom. The van der Waals surface area contributed by atoms with Crippen LogP contribution in [0.3, 0.4) is 0 Å². The fraction of sp³-hybridized carbons (Fsp3) is 0.176. The fourth-order valence-electron chi connectivity index (χ4n) is 2.17. The molecule has 24 heavy (non-hydrogen) atoms. The van der Waals surface area contributed by atoms with Gasteiger partial charge in [-0.3, -0.25) is 9.89 Å². The van der Waals surface area contributed by atoms with Gasteiger partial charge in [0.1, 0.15) is 11.5 Å². The molecular weight excluding hydrogens is 326 g/mol. The van der Waals surface area contributed by atoms with Gasteiger partial charge in [-0.1, -0.05) is 6.07 Å². The molecule has 0 bridgehead atoms. The number of aromatic amines is 1. The highest BCUT2D eigenvalue weighted by atomic mass is 32.1. The second-order valence-electron chi connectivity index (χ2n) is 4.98. The van der Waals surface area contributed by atoms with Crippen LogP contribution < -0.4 is 14.4 Å². The molecule has 6 nitrogen and oxygen atoms in total. The van der Waals surface area contributed by atoms with Crippen molar-refractivity contribution in [3.05, 3.63) is 59.0 Å². The van der Waals surface area contributed by atoms with Crippen molar-refractivity contribution in [2.75, 3.05) is 18.6 Å². The van der Waals surface area contributed by atoms with Gasteiger partial charge in [0.2, 0.25) is 0 Å². The Kier molecular flexibility index (Phi) is 5.12. The normalized spacial score (nSPS) is 10.4. The van der Waals surface area contributed by atoms with Crippen molar-refractivity contribution in [2.45, 2.75) is 6.54 Å². The number of carbonyl (C=O) groups excluding carboxylic acids is 1. The molecule has 0 aliphatic carbocycles. The number of anilines is 1. The maximum Gasteiger partial charge on any atom is 0.265 e. The van der Waals surface area contributed by atoms with Crippen molar-refractivity contribution in [1.29, 1.82) is 0 Å². The molecule has 1 aromatic carbocycles. The predicted octanol–water partition coefficient (Wildman–Crippen LogP) is 3.09. The Balaban J connectivity index is 1.66. The van der Waals surface area contributed by atoms with E-state index in [1.165, 1.54) is 0 Å². The van der Waals surface area contributed by atoms with Crippen molar-refractivity contribution < 1.29 is 14.3 Å². The zero-order valence-corrected chi connectivity index (χ0v) is 14.0. The molecule has 2 aromatic heterocycles. The largest absolute Gasteiger partial charge is 0.497 e. The van der Waals surface area contributed by atoms with Gasteiger partial charge in [0, 0.05) is 11.1 Å². The quantitative estimate of drug-likeness (QED) is 0.716. The van der Waals surface area contributed by atoms with Crippen molar-refractivity contribution in [3.8, 4) is 11.5 Å². The lowest BCUT2D eigenvalue weighted by Crippen LogP contribution is -2.34. The summed E-state index contributed by atoms with van der Waals surface area (Å²) < 4.78 is 10.7. The number of carbonyl (C=O) groups is 1. The van der Waals surface area contributed by atoms with Gasteiger partial charge < -0.3 is 14.4 Å². The van der Waals surface area contributed by atoms with Crippen LogP contribution in [0.15, 0.2) is 54.2 Å². The topological polar surface area (TPSA) is 67.5 Å². The summed E-state index contributed by atoms with van der Waals surface area (Å²) in [5, 5.41) is 8.65. The first-order valence-corrected chi connectivity index (χ1v) is 8.22. The van der Waals surface area contributed by atoms with E-state index in [0.29, 0.717) is 18.0 Å². The van der Waals surface area contributed by atoms with Gasteiger partial charge in [-0.05, 0) is 35.7 Å². The first kappa shape index (κ1) is 16.1. The second kappa shape index (κ2) is 7.65. The summed E-state index contributed by atoms with van der Waals surface area (Å²) >= 11 is 1.61. The Hall–Kier alpha value is -2.80. The van der Waals surface area contributed by atoms with Crippen LogP contribution >= 0.6 is 11.3 Å². The van der Waals surface area contributed by atoms with Gasteiger partial charge in [0.25, 0.3) is 5.91 Å². The van der Waals surface area contributed by atoms with Crippen LogP contribution in [0.1, 0.15) is 4.88 Å². The minimum atomic E-state index is -0.138. The lowest BCUT2D eigenvalue weighted by atomic mass is 10.3. The van der Waals surface area contributed by atoms with E-state index in [1.54, 1.807) is 60.0 Å². The summed E-state index contributed by atoms with van der Waals surface area (Å²) in [7, 11) is 1.60. The number of benzene rings is 1. The third kappa shape index (κ3) is 3.94. The highest BCUT2D eigenvalue weighted by Gasteiger charge is 2.18. The second-order valence-corrected chi connectivity index (χ2v) is 6.01. The number of methoxy groups -OCH3 is 1. The number of nitrogens with zero attached hydrogens (tertiary/aromatic N) is 2. The number of hydrogen-bond donors (Lipinski definition) is 1. The van der Waals surface area contributed by atoms with Gasteiger partial charge in [-0.15, -0.1) is 11.3 Å². The number of aromatic nitrogens is 2. The maximum atomic E-state index is 12.6. The summed E-state index contributed by atoms with van der Waals surface area (Å²) in [6.45, 7) is 0.435. The molecule has 0 radical (unpaired) electrons. The molecule has 0 saturated heterocycles. The zero-order valence-electron chi connectivity index (χ0n) is 13.1. The molecule has 124 valence electrons. The fourth-order valence-corrected chi connectivity index (χ4v) is 2.86. The lowest BCUT2D eigenvalue weighted by Gasteiger charge is -2.20. The summed E-state index contributed by atoms with van der Waals surface area (Å²) in [5.74, 6) is 1.22. The minimum Gasteiger partial charge on any atom is -0.497 e. The molecule has 0 aliphatic rings. The Bertz CT molecular complexity index is 755. The number of hydrogen-bond acceptors (Lipinski definition) is 5. The molecule has 0 fully saturated rings. The predicted molar refractivity (Wildman–Crippen MR) is 92.6 cm³/mol. The third-order valence-corrected chi connectivity index (χ3v) is 4.27. The van der Waals surface area contributed by atoms with Crippen LogP contribution in [0.4, 0.5) is 5.69 Å². The summed E-state index contributed by atoms with van der Waals surface area (Å²) in [6.07, 6.45) is 3.32. The number of rotatable bonds is 7. The average molecular weight is 343 g/mol. The SMILES string of the molecule is COc1ccc(OCC(=O)N(Cc2cccs2)c2cn[nH]c2)cc1. The number of ether oxygens (including phenoxy) is 2. The number of H-pyrrole nitrogens is 1. The van der Waals surface area contributed by atoms with Crippen molar-refractivity contribution in [3.63, 3.8) is 0 Å². The molecule has 1 amide bonds. The molecule has 0 atom stereocenters. The molecular formula is C17H17N3O3S. The van der Waals surface area contributed by atoms with E-state index in [9.17, 15) is 4.79 Å². The van der Waals surface area contributed by atoms with Crippen LogP contribution in [0.2, 0.25) is 0 Å². The van der Waals surface area contributed by atoms with E-state index in [-0.39, 0.29) is 12.5 Å². The Morgan fingerprint density at radius 3 is 2.67 bits per heavy atom. The molecule has 2 heterocycles. The summed E-state index contributed by atoms with van der Waals surface area (Å²) in [6, 6.07) is 11.1. The van der Waals surface area contributed by atoms with E-state index in [1.807, 2.05) is 17.5 Å². The van der Waals surface area contributed by atoms with Gasteiger partial charge in [-0.25, -0.2) is 0 Å². The van der Waals surface area contributed by atoms with Crippen molar-refractivity contribution in [1.82, 2.24) is 10.2 Å². The maximum absolute atomic E-state index is 12.6. The Morgan fingerprint density at radius 2 is 2.04 bits per heavy atom. The van der Waals surface area contributed by atoms with Crippen LogP contribution in [-0.4, -0.2) is 29.8 Å². The molecule has 0 spiro atoms. The molecule has 0 saturated carbocycles. The number of thiophene rings is 1.